The van der Waals surface area contributed by atoms with E-state index < -0.39 is 10.0 Å². The van der Waals surface area contributed by atoms with Crippen molar-refractivity contribution in [2.75, 3.05) is 68.3 Å². The van der Waals surface area contributed by atoms with Gasteiger partial charge in [-0.15, -0.1) is 0 Å². The van der Waals surface area contributed by atoms with Gasteiger partial charge in [0.2, 0.25) is 10.0 Å². The predicted octanol–water partition coefficient (Wildman–Crippen LogP) is 3.23. The van der Waals surface area contributed by atoms with E-state index in [9.17, 15) is 8.42 Å². The molecule has 5 rings (SSSR count). The molecule has 1 saturated heterocycles. The predicted molar refractivity (Wildman–Crippen MR) is 141 cm³/mol. The van der Waals surface area contributed by atoms with Crippen LogP contribution < -0.4 is 28.7 Å². The Kier molecular flexibility index (Phi) is 6.42. The topological polar surface area (TPSA) is 106 Å². The second kappa shape index (κ2) is 9.53. The summed E-state index contributed by atoms with van der Waals surface area (Å²) in [5.74, 6) is 4.19. The minimum Gasteiger partial charge on any atom is -0.495 e. The van der Waals surface area contributed by atoms with Gasteiger partial charge in [-0.3, -0.25) is 4.72 Å². The minimum atomic E-state index is -3.38. The average molecular weight is 514 g/mol. The van der Waals surface area contributed by atoms with Gasteiger partial charge in [-0.1, -0.05) is 0 Å². The Labute approximate surface area is 211 Å². The summed E-state index contributed by atoms with van der Waals surface area (Å²) >= 11 is 0. The molecule has 1 N–H and O–H groups in total. The van der Waals surface area contributed by atoms with Crippen molar-refractivity contribution in [3.05, 3.63) is 36.2 Å². The van der Waals surface area contributed by atoms with Crippen molar-refractivity contribution in [3.8, 4) is 17.2 Å². The van der Waals surface area contributed by atoms with Crippen LogP contribution in [0, 0.1) is 0 Å². The van der Waals surface area contributed by atoms with Gasteiger partial charge >= 0.3 is 0 Å². The quantitative estimate of drug-likeness (QED) is 0.486. The molecule has 2 fully saturated rings. The molecule has 1 aliphatic heterocycles. The highest BCUT2D eigenvalue weighted by atomic mass is 32.2. The molecule has 2 aliphatic rings. The van der Waals surface area contributed by atoms with E-state index in [-0.39, 0.29) is 0 Å². The van der Waals surface area contributed by atoms with Crippen LogP contribution in [-0.2, 0) is 10.0 Å². The molecule has 0 bridgehead atoms. The SMILES string of the molecule is COc1cc2nc(C3CC3)nc(N3CCN(c4cc(NS(C)(=O)=O)ccc4OC)CC3)c2cc1OC. The van der Waals surface area contributed by atoms with E-state index in [1.54, 1.807) is 33.5 Å². The molecular formula is C25H31N5O5S. The molecule has 192 valence electrons. The van der Waals surface area contributed by atoms with Gasteiger partial charge in [0, 0.05) is 43.5 Å². The maximum absolute atomic E-state index is 11.7. The standard InChI is InChI=1S/C25H31N5O5S/c1-33-21-8-7-17(28-36(4,31)32)13-20(21)29-9-11-30(12-10-29)25-18-14-22(34-2)23(35-3)15-19(18)26-24(27-25)16-5-6-16/h7-8,13-16,28H,5-6,9-12H2,1-4H3. The highest BCUT2D eigenvalue weighted by molar-refractivity contribution is 7.92. The summed E-state index contributed by atoms with van der Waals surface area (Å²) < 4.78 is 42.6. The summed E-state index contributed by atoms with van der Waals surface area (Å²) in [5, 5.41) is 0.933. The smallest absolute Gasteiger partial charge is 0.229 e. The number of fused-ring (bicyclic) bond motifs is 1. The highest BCUT2D eigenvalue weighted by Crippen LogP contribution is 2.42. The number of benzene rings is 2. The molecule has 3 aromatic rings. The number of hydrogen-bond donors (Lipinski definition) is 1. The Morgan fingerprint density at radius 2 is 1.50 bits per heavy atom. The van der Waals surface area contributed by atoms with Gasteiger partial charge in [-0.2, -0.15) is 0 Å². The number of sulfonamides is 1. The largest absolute Gasteiger partial charge is 0.495 e. The Morgan fingerprint density at radius 1 is 0.861 bits per heavy atom. The molecule has 11 heteroatoms. The molecule has 1 aromatic heterocycles. The highest BCUT2D eigenvalue weighted by Gasteiger charge is 2.30. The molecule has 1 aliphatic carbocycles. The van der Waals surface area contributed by atoms with E-state index >= 15 is 0 Å². The molecule has 0 spiro atoms. The lowest BCUT2D eigenvalue weighted by Crippen LogP contribution is -2.47. The lowest BCUT2D eigenvalue weighted by atomic mass is 10.1. The van der Waals surface area contributed by atoms with E-state index in [2.05, 4.69) is 14.5 Å². The summed E-state index contributed by atoms with van der Waals surface area (Å²) in [7, 11) is 1.49. The first-order valence-electron chi connectivity index (χ1n) is 11.9. The monoisotopic (exact) mass is 513 g/mol. The van der Waals surface area contributed by atoms with E-state index in [0.29, 0.717) is 28.9 Å². The van der Waals surface area contributed by atoms with Crippen molar-refractivity contribution in [1.29, 1.82) is 0 Å². The average Bonchev–Trinajstić information content (AvgIpc) is 3.72. The Balaban J connectivity index is 1.44. The zero-order valence-corrected chi connectivity index (χ0v) is 21.8. The van der Waals surface area contributed by atoms with E-state index in [1.807, 2.05) is 18.2 Å². The van der Waals surface area contributed by atoms with Crippen LogP contribution >= 0.6 is 0 Å². The number of anilines is 3. The molecule has 1 saturated carbocycles. The number of piperazine rings is 1. The summed E-state index contributed by atoms with van der Waals surface area (Å²) in [6.07, 6.45) is 3.37. The molecule has 0 amide bonds. The maximum Gasteiger partial charge on any atom is 0.229 e. The van der Waals surface area contributed by atoms with Crippen LogP contribution in [0.4, 0.5) is 17.2 Å². The Bertz CT molecular complexity index is 1390. The molecule has 0 unspecified atom stereocenters. The summed E-state index contributed by atoms with van der Waals surface area (Å²) in [6, 6.07) is 9.18. The van der Waals surface area contributed by atoms with Crippen LogP contribution in [0.15, 0.2) is 30.3 Å². The number of rotatable bonds is 8. The Morgan fingerprint density at radius 3 is 2.11 bits per heavy atom. The number of ether oxygens (including phenoxy) is 3. The first kappa shape index (κ1) is 24.2. The second-order valence-corrected chi connectivity index (χ2v) is 10.9. The number of nitrogens with one attached hydrogen (secondary N) is 1. The van der Waals surface area contributed by atoms with Crippen LogP contribution in [0.1, 0.15) is 24.6 Å². The van der Waals surface area contributed by atoms with Crippen molar-refractivity contribution >= 4 is 38.1 Å². The van der Waals surface area contributed by atoms with Crippen LogP contribution in [0.5, 0.6) is 17.2 Å². The fourth-order valence-electron chi connectivity index (χ4n) is 4.60. The van der Waals surface area contributed by atoms with Crippen LogP contribution in [0.25, 0.3) is 10.9 Å². The van der Waals surface area contributed by atoms with E-state index in [0.717, 1.165) is 73.5 Å². The number of hydrogen-bond acceptors (Lipinski definition) is 9. The van der Waals surface area contributed by atoms with Crippen molar-refractivity contribution in [2.24, 2.45) is 0 Å². The van der Waals surface area contributed by atoms with Crippen molar-refractivity contribution in [1.82, 2.24) is 9.97 Å². The summed E-state index contributed by atoms with van der Waals surface area (Å²) in [6.45, 7) is 2.90. The molecule has 2 heterocycles. The third-order valence-corrected chi connectivity index (χ3v) is 7.15. The van der Waals surface area contributed by atoms with Crippen LogP contribution in [-0.4, -0.2) is 72.1 Å². The van der Waals surface area contributed by atoms with Gasteiger partial charge in [-0.05, 0) is 37.1 Å². The van der Waals surface area contributed by atoms with Gasteiger partial charge in [0.25, 0.3) is 0 Å². The molecule has 0 radical (unpaired) electrons. The maximum atomic E-state index is 11.7. The molecule has 0 atom stereocenters. The van der Waals surface area contributed by atoms with Gasteiger partial charge in [0.15, 0.2) is 11.5 Å². The fraction of sp³-hybridized carbons (Fsp3) is 0.440. The molecular weight excluding hydrogens is 482 g/mol. The first-order valence-corrected chi connectivity index (χ1v) is 13.8. The lowest BCUT2D eigenvalue weighted by molar-refractivity contribution is 0.355. The van der Waals surface area contributed by atoms with Crippen LogP contribution in [0.3, 0.4) is 0 Å². The minimum absolute atomic E-state index is 0.414. The van der Waals surface area contributed by atoms with Gasteiger partial charge < -0.3 is 24.0 Å². The van der Waals surface area contributed by atoms with E-state index in [1.165, 1.54) is 0 Å². The molecule has 10 nitrogen and oxygen atoms in total. The van der Waals surface area contributed by atoms with E-state index in [4.69, 9.17) is 24.2 Å². The normalized spacial score (nSPS) is 16.2. The van der Waals surface area contributed by atoms with Gasteiger partial charge in [-0.25, -0.2) is 18.4 Å². The second-order valence-electron chi connectivity index (χ2n) is 9.14. The third kappa shape index (κ3) is 4.92. The zero-order valence-electron chi connectivity index (χ0n) is 20.9. The van der Waals surface area contributed by atoms with Gasteiger partial charge in [0.05, 0.1) is 44.5 Å². The fourth-order valence-corrected chi connectivity index (χ4v) is 5.15. The zero-order chi connectivity index (χ0) is 25.4. The molecule has 2 aromatic carbocycles. The first-order chi connectivity index (χ1) is 17.3. The number of methoxy groups -OCH3 is 3. The number of aromatic nitrogens is 2. The third-order valence-electron chi connectivity index (χ3n) is 6.54. The van der Waals surface area contributed by atoms with Crippen molar-refractivity contribution < 1.29 is 22.6 Å². The van der Waals surface area contributed by atoms with Crippen molar-refractivity contribution in [2.45, 2.75) is 18.8 Å². The summed E-state index contributed by atoms with van der Waals surface area (Å²) in [5.41, 5.74) is 2.21. The molecule has 36 heavy (non-hydrogen) atoms. The Hall–Kier alpha value is -3.47. The lowest BCUT2D eigenvalue weighted by Gasteiger charge is -2.37. The van der Waals surface area contributed by atoms with Crippen LogP contribution in [0.2, 0.25) is 0 Å². The van der Waals surface area contributed by atoms with Gasteiger partial charge in [0.1, 0.15) is 17.4 Å². The van der Waals surface area contributed by atoms with Crippen molar-refractivity contribution in [3.63, 3.8) is 0 Å². The number of nitrogens with zero attached hydrogens (tertiary/aromatic N) is 4. The summed E-state index contributed by atoms with van der Waals surface area (Å²) in [4.78, 5) is 14.3.